The molecule has 0 spiro atoms. The van der Waals surface area contributed by atoms with E-state index in [1.54, 1.807) is 6.07 Å². The van der Waals surface area contributed by atoms with Crippen LogP contribution in [0.5, 0.6) is 0 Å². The van der Waals surface area contributed by atoms with E-state index in [0.717, 1.165) is 38.3 Å². The van der Waals surface area contributed by atoms with Gasteiger partial charge in [-0.1, -0.05) is 19.3 Å². The van der Waals surface area contributed by atoms with Crippen LogP contribution in [-0.2, 0) is 17.1 Å². The van der Waals surface area contributed by atoms with Crippen LogP contribution < -0.4 is 5.32 Å². The Morgan fingerprint density at radius 2 is 1.59 bits per heavy atom. The third-order valence-electron chi connectivity index (χ3n) is 4.76. The smallest absolute Gasteiger partial charge is 0.360 e. The van der Waals surface area contributed by atoms with E-state index < -0.39 is 40.6 Å². The van der Waals surface area contributed by atoms with Gasteiger partial charge in [-0.3, -0.25) is 4.79 Å². The Morgan fingerprint density at radius 3 is 2.03 bits per heavy atom. The van der Waals surface area contributed by atoms with Gasteiger partial charge in [0, 0.05) is 25.0 Å². The molecule has 10 heteroatoms. The molecule has 0 aromatic heterocycles. The van der Waals surface area contributed by atoms with Crippen LogP contribution in [0.15, 0.2) is 30.0 Å². The van der Waals surface area contributed by atoms with Crippen LogP contribution in [0.3, 0.4) is 0 Å². The van der Waals surface area contributed by atoms with E-state index in [1.165, 1.54) is 11.9 Å². The van der Waals surface area contributed by atoms with Crippen LogP contribution >= 0.6 is 0 Å². The van der Waals surface area contributed by atoms with Crippen LogP contribution in [0, 0.1) is 11.3 Å². The van der Waals surface area contributed by atoms with Crippen LogP contribution in [0.1, 0.15) is 43.2 Å². The van der Waals surface area contributed by atoms with Crippen molar-refractivity contribution in [2.75, 3.05) is 12.4 Å². The first-order valence-corrected chi connectivity index (χ1v) is 8.87. The fraction of sp³-hybridized carbons (Fsp3) is 0.474. The fourth-order valence-corrected chi connectivity index (χ4v) is 3.16. The number of nitriles is 1. The zero-order valence-corrected chi connectivity index (χ0v) is 15.5. The number of halogens is 6. The molecule has 4 nitrogen and oxygen atoms in total. The number of likely N-dealkylation sites (N-methyl/N-ethyl adjacent to an activating group) is 1. The standard InChI is InChI=1S/C19H19F6N3O/c1-28(16-5-3-2-4-6-16)17(29)12(10-26)11-27-15-8-13(18(20,21)22)7-14(9-15)19(23,24)25/h7-9,11,16,27H,2-6H2,1H3/b12-11-. The van der Waals surface area contributed by atoms with Crippen molar-refractivity contribution in [3.05, 3.63) is 41.1 Å². The molecular formula is C19H19F6N3O. The first kappa shape index (κ1) is 22.6. The summed E-state index contributed by atoms with van der Waals surface area (Å²) in [6.07, 6.45) is -4.66. The largest absolute Gasteiger partial charge is 0.416 e. The Bertz CT molecular complexity index is 784. The average Bonchev–Trinajstić information content (AvgIpc) is 2.66. The Labute approximate surface area is 163 Å². The predicted molar refractivity (Wildman–Crippen MR) is 93.4 cm³/mol. The highest BCUT2D eigenvalue weighted by atomic mass is 19.4. The molecule has 0 heterocycles. The van der Waals surface area contributed by atoms with E-state index in [0.29, 0.717) is 12.1 Å². The first-order chi connectivity index (χ1) is 13.4. The van der Waals surface area contributed by atoms with E-state index in [-0.39, 0.29) is 12.1 Å². The van der Waals surface area contributed by atoms with Crippen molar-refractivity contribution in [1.82, 2.24) is 4.90 Å². The third-order valence-corrected chi connectivity index (χ3v) is 4.76. The molecule has 0 atom stereocenters. The second-order valence-electron chi connectivity index (χ2n) is 6.82. The maximum Gasteiger partial charge on any atom is 0.416 e. The molecular weight excluding hydrogens is 400 g/mol. The van der Waals surface area contributed by atoms with E-state index >= 15 is 0 Å². The molecule has 29 heavy (non-hydrogen) atoms. The molecule has 1 fully saturated rings. The first-order valence-electron chi connectivity index (χ1n) is 8.87. The zero-order chi connectivity index (χ0) is 21.8. The minimum absolute atomic E-state index is 0.00209. The van der Waals surface area contributed by atoms with Crippen molar-refractivity contribution >= 4 is 11.6 Å². The van der Waals surface area contributed by atoms with Gasteiger partial charge in [0.1, 0.15) is 11.6 Å². The van der Waals surface area contributed by atoms with E-state index in [9.17, 15) is 36.4 Å². The van der Waals surface area contributed by atoms with Gasteiger partial charge in [-0.05, 0) is 31.0 Å². The predicted octanol–water partition coefficient (Wildman–Crippen LogP) is 5.33. The molecule has 158 valence electrons. The number of carbonyl (C=O) groups excluding carboxylic acids is 1. The lowest BCUT2D eigenvalue weighted by Crippen LogP contribution is -2.39. The van der Waals surface area contributed by atoms with Crippen molar-refractivity contribution < 1.29 is 31.1 Å². The molecule has 0 aliphatic heterocycles. The zero-order valence-electron chi connectivity index (χ0n) is 15.5. The van der Waals surface area contributed by atoms with Crippen molar-refractivity contribution in [3.63, 3.8) is 0 Å². The third kappa shape index (κ3) is 5.89. The molecule has 0 unspecified atom stereocenters. The SMILES string of the molecule is CN(C(=O)/C(C#N)=C\Nc1cc(C(F)(F)F)cc(C(F)(F)F)c1)C1CCCCC1. The number of alkyl halides is 6. The summed E-state index contributed by atoms with van der Waals surface area (Å²) >= 11 is 0. The van der Waals surface area contributed by atoms with E-state index in [4.69, 9.17) is 0 Å². The highest BCUT2D eigenvalue weighted by Gasteiger charge is 2.37. The molecule has 1 aromatic rings. The summed E-state index contributed by atoms with van der Waals surface area (Å²) in [7, 11) is 1.52. The van der Waals surface area contributed by atoms with Gasteiger partial charge < -0.3 is 10.2 Å². The summed E-state index contributed by atoms with van der Waals surface area (Å²) in [5.41, 5.74) is -3.93. The summed E-state index contributed by atoms with van der Waals surface area (Å²) in [5, 5.41) is 11.5. The molecule has 1 aliphatic rings. The Kier molecular flexibility index (Phi) is 6.82. The van der Waals surface area contributed by atoms with Crippen LogP contribution in [0.2, 0.25) is 0 Å². The highest BCUT2D eigenvalue weighted by molar-refractivity contribution is 5.97. The maximum atomic E-state index is 12.9. The number of benzene rings is 1. The summed E-state index contributed by atoms with van der Waals surface area (Å²) in [6, 6.07) is 2.55. The number of rotatable bonds is 4. The molecule has 1 saturated carbocycles. The number of anilines is 1. The molecule has 1 N–H and O–H groups in total. The lowest BCUT2D eigenvalue weighted by molar-refractivity contribution is -0.143. The fourth-order valence-electron chi connectivity index (χ4n) is 3.16. The number of carbonyl (C=O) groups is 1. The van der Waals surface area contributed by atoms with Gasteiger partial charge in [-0.25, -0.2) is 0 Å². The van der Waals surface area contributed by atoms with Gasteiger partial charge in [-0.2, -0.15) is 31.6 Å². The topological polar surface area (TPSA) is 56.1 Å². The molecule has 2 rings (SSSR count). The highest BCUT2D eigenvalue weighted by Crippen LogP contribution is 2.37. The normalized spacial score (nSPS) is 16.3. The molecule has 0 saturated heterocycles. The number of nitrogens with zero attached hydrogens (tertiary/aromatic N) is 2. The van der Waals surface area contributed by atoms with Gasteiger partial charge in [0.15, 0.2) is 0 Å². The van der Waals surface area contributed by atoms with Crippen LogP contribution in [0.4, 0.5) is 32.0 Å². The Morgan fingerprint density at radius 1 is 1.07 bits per heavy atom. The van der Waals surface area contributed by atoms with Gasteiger partial charge in [-0.15, -0.1) is 0 Å². The second kappa shape index (κ2) is 8.76. The summed E-state index contributed by atoms with van der Waals surface area (Å²) < 4.78 is 77.5. The van der Waals surface area contributed by atoms with Gasteiger partial charge >= 0.3 is 12.4 Å². The minimum atomic E-state index is -4.99. The molecule has 0 bridgehead atoms. The lowest BCUT2D eigenvalue weighted by Gasteiger charge is -2.31. The summed E-state index contributed by atoms with van der Waals surface area (Å²) in [5.74, 6) is -0.644. The quantitative estimate of drug-likeness (QED) is 0.408. The van der Waals surface area contributed by atoms with E-state index in [2.05, 4.69) is 5.32 Å². The summed E-state index contributed by atoms with van der Waals surface area (Å²) in [4.78, 5) is 13.9. The maximum absolute atomic E-state index is 12.9. The lowest BCUT2D eigenvalue weighted by atomic mass is 9.94. The molecule has 0 radical (unpaired) electrons. The monoisotopic (exact) mass is 419 g/mol. The van der Waals surface area contributed by atoms with Gasteiger partial charge in [0.2, 0.25) is 0 Å². The van der Waals surface area contributed by atoms with E-state index in [1.807, 2.05) is 0 Å². The van der Waals surface area contributed by atoms with Crippen molar-refractivity contribution in [2.45, 2.75) is 50.5 Å². The van der Waals surface area contributed by atoms with Crippen molar-refractivity contribution in [3.8, 4) is 6.07 Å². The molecule has 1 aliphatic carbocycles. The molecule has 1 amide bonds. The molecule has 1 aromatic carbocycles. The minimum Gasteiger partial charge on any atom is -0.360 e. The number of hydrogen-bond donors (Lipinski definition) is 1. The number of hydrogen-bond acceptors (Lipinski definition) is 3. The van der Waals surface area contributed by atoms with Gasteiger partial charge in [0.05, 0.1) is 11.1 Å². The van der Waals surface area contributed by atoms with Gasteiger partial charge in [0.25, 0.3) is 5.91 Å². The van der Waals surface area contributed by atoms with Crippen molar-refractivity contribution in [2.24, 2.45) is 0 Å². The summed E-state index contributed by atoms with van der Waals surface area (Å²) in [6.45, 7) is 0. The second-order valence-corrected chi connectivity index (χ2v) is 6.82. The van der Waals surface area contributed by atoms with Crippen molar-refractivity contribution in [1.29, 1.82) is 5.26 Å². The average molecular weight is 419 g/mol. The Balaban J connectivity index is 2.27. The number of amides is 1. The number of nitrogens with one attached hydrogen (secondary N) is 1. The Hall–Kier alpha value is -2.70. The van der Waals surface area contributed by atoms with Crippen LogP contribution in [0.25, 0.3) is 0 Å². The van der Waals surface area contributed by atoms with Crippen LogP contribution in [-0.4, -0.2) is 23.9 Å².